The fraction of sp³-hybridized carbons (Fsp3) is 0.833. The Morgan fingerprint density at radius 1 is 1.24 bits per heavy atom. The topological polar surface area (TPSA) is 67.4 Å². The van der Waals surface area contributed by atoms with Gasteiger partial charge in [0, 0.05) is 6.04 Å². The number of carbonyl (C=O) groups excluding carboxylic acids is 2. The van der Waals surface area contributed by atoms with Crippen molar-refractivity contribution in [3.8, 4) is 0 Å². The molecule has 1 aliphatic rings. The van der Waals surface area contributed by atoms with Gasteiger partial charge in [-0.25, -0.2) is 9.59 Å². The van der Waals surface area contributed by atoms with Gasteiger partial charge >= 0.3 is 12.0 Å². The van der Waals surface area contributed by atoms with Gasteiger partial charge in [-0.15, -0.1) is 0 Å². The van der Waals surface area contributed by atoms with Crippen LogP contribution >= 0.6 is 0 Å². The first-order valence-corrected chi connectivity index (χ1v) is 6.19. The quantitative estimate of drug-likeness (QED) is 0.733. The van der Waals surface area contributed by atoms with Crippen LogP contribution in [0.5, 0.6) is 0 Å². The second-order valence-electron chi connectivity index (χ2n) is 4.84. The zero-order valence-corrected chi connectivity index (χ0v) is 10.8. The maximum absolute atomic E-state index is 11.7. The number of hydrogen-bond acceptors (Lipinski definition) is 3. The average molecular weight is 242 g/mol. The molecule has 1 saturated carbocycles. The molecule has 2 N–H and O–H groups in total. The van der Waals surface area contributed by atoms with Crippen molar-refractivity contribution in [2.75, 3.05) is 7.11 Å². The van der Waals surface area contributed by atoms with E-state index in [0.29, 0.717) is 0 Å². The van der Waals surface area contributed by atoms with Crippen molar-refractivity contribution in [3.63, 3.8) is 0 Å². The van der Waals surface area contributed by atoms with E-state index < -0.39 is 12.0 Å². The second kappa shape index (κ2) is 6.47. The highest BCUT2D eigenvalue weighted by molar-refractivity contribution is 5.83. The van der Waals surface area contributed by atoms with Crippen LogP contribution in [0.2, 0.25) is 0 Å². The normalized spacial score (nSPS) is 17.9. The summed E-state index contributed by atoms with van der Waals surface area (Å²) in [5.41, 5.74) is 0. The predicted molar refractivity (Wildman–Crippen MR) is 64.6 cm³/mol. The van der Waals surface area contributed by atoms with E-state index in [4.69, 9.17) is 0 Å². The molecule has 0 spiro atoms. The number of esters is 1. The molecule has 0 heterocycles. The van der Waals surface area contributed by atoms with Gasteiger partial charge in [0.05, 0.1) is 7.11 Å². The Kier molecular flexibility index (Phi) is 5.25. The van der Waals surface area contributed by atoms with Gasteiger partial charge in [-0.05, 0) is 18.8 Å². The smallest absolute Gasteiger partial charge is 0.328 e. The molecule has 5 heteroatoms. The molecule has 0 unspecified atom stereocenters. The van der Waals surface area contributed by atoms with Gasteiger partial charge in [0.15, 0.2) is 0 Å². The molecule has 0 aromatic heterocycles. The molecule has 98 valence electrons. The first-order chi connectivity index (χ1) is 8.04. The standard InChI is InChI=1S/C12H22N2O3/c1-8(2)10(11(15)17-3)14-12(16)13-9-6-4-5-7-9/h8-10H,4-7H2,1-3H3,(H2,13,14,16)/t10-/m0/s1. The third-order valence-corrected chi connectivity index (χ3v) is 3.10. The number of amides is 2. The van der Waals surface area contributed by atoms with E-state index >= 15 is 0 Å². The maximum atomic E-state index is 11.7. The molecule has 2 amide bonds. The lowest BCUT2D eigenvalue weighted by molar-refractivity contribution is -0.143. The molecule has 17 heavy (non-hydrogen) atoms. The molecule has 0 aromatic rings. The fourth-order valence-electron chi connectivity index (χ4n) is 2.06. The second-order valence-corrected chi connectivity index (χ2v) is 4.84. The third kappa shape index (κ3) is 4.24. The predicted octanol–water partition coefficient (Wildman–Crippen LogP) is 1.43. The fourth-order valence-corrected chi connectivity index (χ4v) is 2.06. The lowest BCUT2D eigenvalue weighted by Gasteiger charge is -2.21. The molecule has 1 atom stereocenters. The van der Waals surface area contributed by atoms with Crippen LogP contribution in [0.25, 0.3) is 0 Å². The number of nitrogens with one attached hydrogen (secondary N) is 2. The Morgan fingerprint density at radius 2 is 1.82 bits per heavy atom. The molecule has 0 bridgehead atoms. The molecule has 1 fully saturated rings. The van der Waals surface area contributed by atoms with Crippen molar-refractivity contribution in [2.45, 2.75) is 51.6 Å². The molecule has 0 saturated heterocycles. The minimum atomic E-state index is -0.582. The van der Waals surface area contributed by atoms with Crippen LogP contribution in [0.3, 0.4) is 0 Å². The van der Waals surface area contributed by atoms with E-state index in [1.807, 2.05) is 13.8 Å². The van der Waals surface area contributed by atoms with E-state index in [1.54, 1.807) is 0 Å². The van der Waals surface area contributed by atoms with E-state index in [9.17, 15) is 9.59 Å². The SMILES string of the molecule is COC(=O)[C@@H](NC(=O)NC1CCCC1)C(C)C. The Balaban J connectivity index is 2.43. The first kappa shape index (κ1) is 13.8. The third-order valence-electron chi connectivity index (χ3n) is 3.10. The summed E-state index contributed by atoms with van der Waals surface area (Å²) in [5.74, 6) is -0.390. The van der Waals surface area contributed by atoms with Gasteiger partial charge in [0.2, 0.25) is 0 Å². The highest BCUT2D eigenvalue weighted by Gasteiger charge is 2.26. The Bertz CT molecular complexity index is 273. The van der Waals surface area contributed by atoms with Crippen LogP contribution in [-0.2, 0) is 9.53 Å². The van der Waals surface area contributed by atoms with Gasteiger partial charge in [0.1, 0.15) is 6.04 Å². The van der Waals surface area contributed by atoms with Gasteiger partial charge in [-0.2, -0.15) is 0 Å². The summed E-state index contributed by atoms with van der Waals surface area (Å²) in [6, 6.07) is -0.608. The van der Waals surface area contributed by atoms with Crippen LogP contribution in [-0.4, -0.2) is 31.2 Å². The van der Waals surface area contributed by atoms with Gasteiger partial charge in [0.25, 0.3) is 0 Å². The van der Waals surface area contributed by atoms with Gasteiger partial charge in [-0.1, -0.05) is 26.7 Å². The largest absolute Gasteiger partial charge is 0.467 e. The Morgan fingerprint density at radius 3 is 2.29 bits per heavy atom. The number of rotatable bonds is 4. The first-order valence-electron chi connectivity index (χ1n) is 6.19. The van der Waals surface area contributed by atoms with Crippen molar-refractivity contribution in [1.29, 1.82) is 0 Å². The highest BCUT2D eigenvalue weighted by atomic mass is 16.5. The Hall–Kier alpha value is -1.26. The summed E-state index contributed by atoms with van der Waals surface area (Å²) in [7, 11) is 1.33. The van der Waals surface area contributed by atoms with E-state index in [0.717, 1.165) is 25.7 Å². The minimum absolute atomic E-state index is 0.0109. The summed E-state index contributed by atoms with van der Waals surface area (Å²) in [6.45, 7) is 3.74. The van der Waals surface area contributed by atoms with E-state index in [1.165, 1.54) is 7.11 Å². The number of carbonyl (C=O) groups is 2. The Labute approximate surface area is 102 Å². The van der Waals surface area contributed by atoms with Crippen molar-refractivity contribution < 1.29 is 14.3 Å². The maximum Gasteiger partial charge on any atom is 0.328 e. The zero-order valence-electron chi connectivity index (χ0n) is 10.8. The number of urea groups is 1. The lowest BCUT2D eigenvalue weighted by atomic mass is 10.1. The molecule has 0 radical (unpaired) electrons. The van der Waals surface area contributed by atoms with Crippen LogP contribution in [0.15, 0.2) is 0 Å². The minimum Gasteiger partial charge on any atom is -0.467 e. The molecular formula is C12H22N2O3. The monoisotopic (exact) mass is 242 g/mol. The zero-order chi connectivity index (χ0) is 12.8. The van der Waals surface area contributed by atoms with E-state index in [2.05, 4.69) is 15.4 Å². The van der Waals surface area contributed by atoms with Crippen molar-refractivity contribution in [2.24, 2.45) is 5.92 Å². The summed E-state index contributed by atoms with van der Waals surface area (Å²) in [5, 5.41) is 5.55. The van der Waals surface area contributed by atoms with Crippen molar-refractivity contribution >= 4 is 12.0 Å². The summed E-state index contributed by atoms with van der Waals surface area (Å²) < 4.78 is 4.66. The number of hydrogen-bond donors (Lipinski definition) is 2. The summed E-state index contributed by atoms with van der Waals surface area (Å²) in [4.78, 5) is 23.2. The van der Waals surface area contributed by atoms with Crippen molar-refractivity contribution in [1.82, 2.24) is 10.6 Å². The van der Waals surface area contributed by atoms with Crippen molar-refractivity contribution in [3.05, 3.63) is 0 Å². The highest BCUT2D eigenvalue weighted by Crippen LogP contribution is 2.17. The molecule has 0 aliphatic heterocycles. The summed E-state index contributed by atoms with van der Waals surface area (Å²) in [6.07, 6.45) is 4.38. The van der Waals surface area contributed by atoms with Crippen LogP contribution in [0.4, 0.5) is 4.79 Å². The average Bonchev–Trinajstić information content (AvgIpc) is 2.77. The van der Waals surface area contributed by atoms with E-state index in [-0.39, 0.29) is 18.0 Å². The van der Waals surface area contributed by atoms with Crippen LogP contribution in [0, 0.1) is 5.92 Å². The summed E-state index contributed by atoms with van der Waals surface area (Å²) >= 11 is 0. The number of ether oxygens (including phenoxy) is 1. The molecule has 1 aliphatic carbocycles. The van der Waals surface area contributed by atoms with Crippen LogP contribution in [0.1, 0.15) is 39.5 Å². The van der Waals surface area contributed by atoms with Gasteiger partial charge < -0.3 is 15.4 Å². The molecule has 5 nitrogen and oxygen atoms in total. The number of methoxy groups -OCH3 is 1. The lowest BCUT2D eigenvalue weighted by Crippen LogP contribution is -2.50. The van der Waals surface area contributed by atoms with Crippen LogP contribution < -0.4 is 10.6 Å². The molecule has 0 aromatic carbocycles. The molecular weight excluding hydrogens is 220 g/mol. The van der Waals surface area contributed by atoms with Gasteiger partial charge in [-0.3, -0.25) is 0 Å². The molecule has 1 rings (SSSR count).